The Balaban J connectivity index is 2.17. The molecular weight excluding hydrogens is 282 g/mol. The largest absolute Gasteiger partial charge is 0.361 e. The number of hydrogen-bond donors (Lipinski definition) is 1. The summed E-state index contributed by atoms with van der Waals surface area (Å²) in [5.41, 5.74) is 1.65. The van der Waals surface area contributed by atoms with Gasteiger partial charge < -0.3 is 4.98 Å². The third kappa shape index (κ3) is 2.28. The lowest BCUT2D eigenvalue weighted by atomic mass is 10.1. The molecule has 1 aromatic heterocycles. The number of benzene rings is 2. The van der Waals surface area contributed by atoms with Crippen LogP contribution < -0.4 is 0 Å². The van der Waals surface area contributed by atoms with Crippen molar-refractivity contribution in [3.05, 3.63) is 79.0 Å². The number of para-hydroxylation sites is 1. The van der Waals surface area contributed by atoms with E-state index in [0.717, 1.165) is 16.5 Å². The van der Waals surface area contributed by atoms with Gasteiger partial charge in [0.15, 0.2) is 9.84 Å². The molecule has 0 spiro atoms. The average Bonchev–Trinajstić information content (AvgIpc) is 2.93. The number of fused-ring (bicyclic) bond motifs is 1. The maximum atomic E-state index is 12.8. The van der Waals surface area contributed by atoms with E-state index in [-0.39, 0.29) is 0 Å². The summed E-state index contributed by atoms with van der Waals surface area (Å²) in [5.74, 6) is 0. The smallest absolute Gasteiger partial charge is 0.189 e. The molecule has 1 unspecified atom stereocenters. The summed E-state index contributed by atoms with van der Waals surface area (Å²) in [6, 6.07) is 16.1. The van der Waals surface area contributed by atoms with Gasteiger partial charge in [-0.2, -0.15) is 0 Å². The lowest BCUT2D eigenvalue weighted by Crippen LogP contribution is -2.11. The van der Waals surface area contributed by atoms with E-state index in [1.165, 1.54) is 6.08 Å². The van der Waals surface area contributed by atoms with Crippen LogP contribution in [0.25, 0.3) is 10.9 Å². The van der Waals surface area contributed by atoms with Gasteiger partial charge in [0.25, 0.3) is 0 Å². The van der Waals surface area contributed by atoms with E-state index in [2.05, 4.69) is 11.6 Å². The quantitative estimate of drug-likeness (QED) is 0.743. The molecule has 1 heterocycles. The highest BCUT2D eigenvalue weighted by Crippen LogP contribution is 2.34. The summed E-state index contributed by atoms with van der Waals surface area (Å²) in [6.07, 6.45) is 3.23. The fourth-order valence-corrected chi connectivity index (χ4v) is 4.12. The van der Waals surface area contributed by atoms with E-state index >= 15 is 0 Å². The lowest BCUT2D eigenvalue weighted by Gasteiger charge is -2.13. The SMILES string of the molecule is C=CC(c1c[nH]c2ccccc12)S(=O)(=O)c1ccccc1. The highest BCUT2D eigenvalue weighted by Gasteiger charge is 2.28. The predicted molar refractivity (Wildman–Crippen MR) is 84.9 cm³/mol. The van der Waals surface area contributed by atoms with Crippen molar-refractivity contribution >= 4 is 20.7 Å². The van der Waals surface area contributed by atoms with Crippen LogP contribution in [0, 0.1) is 0 Å². The number of sulfone groups is 1. The predicted octanol–water partition coefficient (Wildman–Crippen LogP) is 3.87. The normalized spacial score (nSPS) is 13.1. The molecule has 3 aromatic rings. The minimum atomic E-state index is -3.50. The molecule has 106 valence electrons. The number of H-pyrrole nitrogens is 1. The molecule has 0 bridgehead atoms. The van der Waals surface area contributed by atoms with Crippen LogP contribution in [0.2, 0.25) is 0 Å². The van der Waals surface area contributed by atoms with Gasteiger partial charge in [-0.05, 0) is 23.8 Å². The maximum absolute atomic E-state index is 12.8. The molecule has 21 heavy (non-hydrogen) atoms. The fraction of sp³-hybridized carbons (Fsp3) is 0.0588. The molecule has 0 amide bonds. The molecule has 0 fully saturated rings. The van der Waals surface area contributed by atoms with Gasteiger partial charge in [-0.15, -0.1) is 6.58 Å². The Kier molecular flexibility index (Phi) is 3.39. The van der Waals surface area contributed by atoms with Crippen LogP contribution in [0.15, 0.2) is 78.3 Å². The van der Waals surface area contributed by atoms with E-state index in [9.17, 15) is 8.42 Å². The van der Waals surface area contributed by atoms with Crippen molar-refractivity contribution in [2.45, 2.75) is 10.1 Å². The van der Waals surface area contributed by atoms with E-state index < -0.39 is 15.1 Å². The van der Waals surface area contributed by atoms with Gasteiger partial charge >= 0.3 is 0 Å². The van der Waals surface area contributed by atoms with Gasteiger partial charge in [0.1, 0.15) is 5.25 Å². The molecule has 0 aliphatic heterocycles. The maximum Gasteiger partial charge on any atom is 0.189 e. The number of aromatic nitrogens is 1. The van der Waals surface area contributed by atoms with Crippen LogP contribution in [0.4, 0.5) is 0 Å². The van der Waals surface area contributed by atoms with Gasteiger partial charge in [-0.3, -0.25) is 0 Å². The number of nitrogens with one attached hydrogen (secondary N) is 1. The van der Waals surface area contributed by atoms with Crippen molar-refractivity contribution in [2.75, 3.05) is 0 Å². The summed E-state index contributed by atoms with van der Waals surface area (Å²) in [7, 11) is -3.50. The van der Waals surface area contributed by atoms with E-state index in [1.807, 2.05) is 24.3 Å². The first-order valence-corrected chi connectivity index (χ1v) is 8.17. The summed E-state index contributed by atoms with van der Waals surface area (Å²) in [6.45, 7) is 3.72. The molecular formula is C17H15NO2S. The van der Waals surface area contributed by atoms with Gasteiger partial charge in [0.05, 0.1) is 4.90 Å². The molecule has 0 aliphatic carbocycles. The van der Waals surface area contributed by atoms with E-state index in [1.54, 1.807) is 36.5 Å². The fourth-order valence-electron chi connectivity index (χ4n) is 2.51. The van der Waals surface area contributed by atoms with E-state index in [4.69, 9.17) is 0 Å². The van der Waals surface area contributed by atoms with E-state index in [0.29, 0.717) is 4.90 Å². The minimum absolute atomic E-state index is 0.306. The Labute approximate surface area is 123 Å². The lowest BCUT2D eigenvalue weighted by molar-refractivity contribution is 0.590. The minimum Gasteiger partial charge on any atom is -0.361 e. The average molecular weight is 297 g/mol. The van der Waals surface area contributed by atoms with Crippen LogP contribution in [-0.2, 0) is 9.84 Å². The van der Waals surface area contributed by atoms with Crippen LogP contribution in [0.5, 0.6) is 0 Å². The first-order valence-electron chi connectivity index (χ1n) is 6.62. The Bertz CT molecular complexity index is 879. The second kappa shape index (κ2) is 5.22. The molecule has 0 saturated heterocycles. The highest BCUT2D eigenvalue weighted by molar-refractivity contribution is 7.91. The van der Waals surface area contributed by atoms with Gasteiger partial charge in [-0.25, -0.2) is 8.42 Å². The molecule has 0 aliphatic rings. The van der Waals surface area contributed by atoms with Crippen LogP contribution in [0.1, 0.15) is 10.8 Å². The molecule has 3 nitrogen and oxygen atoms in total. The van der Waals surface area contributed by atoms with Gasteiger partial charge in [0.2, 0.25) is 0 Å². The van der Waals surface area contributed by atoms with Crippen molar-refractivity contribution in [1.29, 1.82) is 0 Å². The zero-order valence-corrected chi connectivity index (χ0v) is 12.2. The van der Waals surface area contributed by atoms with Crippen LogP contribution in [0.3, 0.4) is 0 Å². The number of rotatable bonds is 4. The zero-order valence-electron chi connectivity index (χ0n) is 11.4. The Hall–Kier alpha value is -2.33. The summed E-state index contributed by atoms with van der Waals surface area (Å²) in [5, 5.41) is 0.137. The molecule has 4 heteroatoms. The van der Waals surface area contributed by atoms with Gasteiger partial charge in [0, 0.05) is 17.1 Å². The standard InChI is InChI=1S/C17H15NO2S/c1-2-17(21(19,20)13-8-4-3-5-9-13)15-12-18-16-11-7-6-10-14(15)16/h2-12,17-18H,1H2. The Morgan fingerprint density at radius 3 is 2.38 bits per heavy atom. The Morgan fingerprint density at radius 2 is 1.67 bits per heavy atom. The van der Waals surface area contributed by atoms with Crippen LogP contribution in [-0.4, -0.2) is 13.4 Å². The topological polar surface area (TPSA) is 49.9 Å². The second-order valence-electron chi connectivity index (χ2n) is 4.80. The van der Waals surface area contributed by atoms with Gasteiger partial charge in [-0.1, -0.05) is 42.5 Å². The molecule has 0 radical (unpaired) electrons. The van der Waals surface area contributed by atoms with Crippen LogP contribution >= 0.6 is 0 Å². The first kappa shape index (κ1) is 13.6. The third-order valence-electron chi connectivity index (χ3n) is 3.55. The first-order chi connectivity index (χ1) is 10.1. The highest BCUT2D eigenvalue weighted by atomic mass is 32.2. The summed E-state index contributed by atoms with van der Waals surface area (Å²) in [4.78, 5) is 3.42. The molecule has 1 N–H and O–H groups in total. The molecule has 0 saturated carbocycles. The number of aromatic amines is 1. The molecule has 3 rings (SSSR count). The summed E-state index contributed by atoms with van der Waals surface area (Å²) < 4.78 is 25.6. The monoisotopic (exact) mass is 297 g/mol. The van der Waals surface area contributed by atoms with Crippen molar-refractivity contribution < 1.29 is 8.42 Å². The molecule has 1 atom stereocenters. The zero-order chi connectivity index (χ0) is 14.9. The van der Waals surface area contributed by atoms with Crippen molar-refractivity contribution in [3.63, 3.8) is 0 Å². The summed E-state index contributed by atoms with van der Waals surface area (Å²) >= 11 is 0. The third-order valence-corrected chi connectivity index (χ3v) is 5.59. The van der Waals surface area contributed by atoms with Crippen molar-refractivity contribution in [1.82, 2.24) is 4.98 Å². The second-order valence-corrected chi connectivity index (χ2v) is 6.87. The van der Waals surface area contributed by atoms with Crippen molar-refractivity contribution in [3.8, 4) is 0 Å². The van der Waals surface area contributed by atoms with Crippen molar-refractivity contribution in [2.24, 2.45) is 0 Å². The Morgan fingerprint density at radius 1 is 1.00 bits per heavy atom. The molecule has 2 aromatic carbocycles. The number of hydrogen-bond acceptors (Lipinski definition) is 2.